The van der Waals surface area contributed by atoms with Crippen molar-refractivity contribution in [2.45, 2.75) is 58.4 Å². The Morgan fingerprint density at radius 3 is 2.00 bits per heavy atom. The number of benzene rings is 2. The van der Waals surface area contributed by atoms with E-state index in [0.717, 1.165) is 26.2 Å². The van der Waals surface area contributed by atoms with Crippen molar-refractivity contribution in [2.24, 2.45) is 0 Å². The molecule has 1 aliphatic heterocycles. The zero-order chi connectivity index (χ0) is 25.7. The van der Waals surface area contributed by atoms with Gasteiger partial charge < -0.3 is 33.5 Å². The predicted molar refractivity (Wildman–Crippen MR) is 118 cm³/mol. The molecule has 1 aliphatic rings. The Morgan fingerprint density at radius 1 is 0.771 bits per heavy atom. The number of phenols is 1. The van der Waals surface area contributed by atoms with Gasteiger partial charge in [0.2, 0.25) is 12.4 Å². The average molecular weight is 490 g/mol. The zero-order valence-corrected chi connectivity index (χ0v) is 19.6. The minimum atomic E-state index is -1.34. The monoisotopic (exact) mass is 490 g/mol. The lowest BCUT2D eigenvalue weighted by molar-refractivity contribution is -0.288. The first-order chi connectivity index (χ1) is 16.5. The molecule has 0 unspecified atom stereocenters. The maximum Gasteiger partial charge on any atom is 0.303 e. The molecule has 0 bridgehead atoms. The number of aromatic hydroxyl groups is 1. The summed E-state index contributed by atoms with van der Waals surface area (Å²) in [5, 5.41) is 11.3. The molecule has 5 atom stereocenters. The van der Waals surface area contributed by atoms with E-state index in [2.05, 4.69) is 0 Å². The van der Waals surface area contributed by atoms with E-state index in [9.17, 15) is 24.3 Å². The van der Waals surface area contributed by atoms with Crippen LogP contribution in [0.15, 0.2) is 36.4 Å². The Kier molecular flexibility index (Phi) is 8.13. The number of rotatable bonds is 7. The number of hydrogen-bond acceptors (Lipinski definition) is 11. The van der Waals surface area contributed by atoms with Crippen molar-refractivity contribution < 1.29 is 52.7 Å². The molecule has 0 amide bonds. The lowest BCUT2D eigenvalue weighted by Gasteiger charge is -2.43. The summed E-state index contributed by atoms with van der Waals surface area (Å²) >= 11 is 0. The van der Waals surface area contributed by atoms with Gasteiger partial charge in [0.05, 0.1) is 0 Å². The number of phenolic OH excluding ortho intramolecular Hbond substituents is 1. The quantitative estimate of drug-likeness (QED) is 0.449. The first-order valence-electron chi connectivity index (χ1n) is 10.7. The van der Waals surface area contributed by atoms with E-state index in [1.807, 2.05) is 0 Å². The molecule has 1 N–H and O–H groups in total. The van der Waals surface area contributed by atoms with Crippen molar-refractivity contribution in [1.29, 1.82) is 0 Å². The molecular weight excluding hydrogens is 464 g/mol. The highest BCUT2D eigenvalue weighted by Crippen LogP contribution is 2.32. The molecule has 35 heavy (non-hydrogen) atoms. The van der Waals surface area contributed by atoms with Crippen LogP contribution in [0.25, 0.3) is 10.8 Å². The molecule has 3 rings (SSSR count). The van der Waals surface area contributed by atoms with Crippen LogP contribution in [0.5, 0.6) is 11.5 Å². The molecular formula is C24H26O11. The number of hydrogen-bond donors (Lipinski definition) is 1. The van der Waals surface area contributed by atoms with Crippen molar-refractivity contribution in [3.63, 3.8) is 0 Å². The zero-order valence-electron chi connectivity index (χ0n) is 19.6. The van der Waals surface area contributed by atoms with Gasteiger partial charge in [-0.3, -0.25) is 19.2 Å². The molecule has 1 saturated heterocycles. The second-order valence-electron chi connectivity index (χ2n) is 7.88. The van der Waals surface area contributed by atoms with Gasteiger partial charge >= 0.3 is 23.9 Å². The van der Waals surface area contributed by atoms with Crippen molar-refractivity contribution in [1.82, 2.24) is 0 Å². The first kappa shape index (κ1) is 25.8. The summed E-state index contributed by atoms with van der Waals surface area (Å²) in [6.07, 6.45) is -6.40. The predicted octanol–water partition coefficient (Wildman–Crippen LogP) is 2.01. The summed E-state index contributed by atoms with van der Waals surface area (Å²) in [4.78, 5) is 47.0. The number of carbonyl (C=O) groups excluding carboxylic acids is 4. The van der Waals surface area contributed by atoms with Gasteiger partial charge in [0.1, 0.15) is 24.2 Å². The summed E-state index contributed by atoms with van der Waals surface area (Å²) in [5.41, 5.74) is 0. The van der Waals surface area contributed by atoms with E-state index in [0.29, 0.717) is 5.39 Å². The molecule has 0 spiro atoms. The summed E-state index contributed by atoms with van der Waals surface area (Å²) in [6, 6.07) is 9.81. The Morgan fingerprint density at radius 2 is 1.37 bits per heavy atom. The molecule has 1 heterocycles. The van der Waals surface area contributed by atoms with Crippen LogP contribution in [-0.2, 0) is 42.9 Å². The van der Waals surface area contributed by atoms with Crippen LogP contribution >= 0.6 is 0 Å². The van der Waals surface area contributed by atoms with E-state index in [1.165, 1.54) is 13.0 Å². The van der Waals surface area contributed by atoms with Gasteiger partial charge in [-0.2, -0.15) is 0 Å². The Labute approximate surface area is 200 Å². The molecule has 11 nitrogen and oxygen atoms in total. The van der Waals surface area contributed by atoms with Gasteiger partial charge in [-0.25, -0.2) is 0 Å². The van der Waals surface area contributed by atoms with Crippen molar-refractivity contribution in [3.05, 3.63) is 36.4 Å². The minimum absolute atomic E-state index is 0.0574. The van der Waals surface area contributed by atoms with Gasteiger partial charge in [-0.15, -0.1) is 0 Å². The third-order valence-corrected chi connectivity index (χ3v) is 5.00. The molecule has 2 aromatic carbocycles. The summed E-state index contributed by atoms with van der Waals surface area (Å²) in [6.45, 7) is 4.25. The topological polar surface area (TPSA) is 144 Å². The fourth-order valence-electron chi connectivity index (χ4n) is 3.70. The van der Waals surface area contributed by atoms with Gasteiger partial charge in [0, 0.05) is 27.7 Å². The molecule has 11 heteroatoms. The summed E-state index contributed by atoms with van der Waals surface area (Å²) < 4.78 is 33.0. The summed E-state index contributed by atoms with van der Waals surface area (Å²) in [5.74, 6) is -2.47. The second kappa shape index (κ2) is 11.0. The van der Waals surface area contributed by atoms with Crippen LogP contribution in [0.3, 0.4) is 0 Å². The normalized spacial score (nSPS) is 23.7. The lowest BCUT2D eigenvalue weighted by atomic mass is 9.98. The van der Waals surface area contributed by atoms with E-state index in [-0.39, 0.29) is 18.1 Å². The largest absolute Gasteiger partial charge is 0.508 e. The smallest absolute Gasteiger partial charge is 0.303 e. The van der Waals surface area contributed by atoms with Crippen molar-refractivity contribution in [3.8, 4) is 11.5 Å². The number of ether oxygens (including phenoxy) is 6. The van der Waals surface area contributed by atoms with E-state index in [1.54, 1.807) is 30.3 Å². The highest BCUT2D eigenvalue weighted by molar-refractivity contribution is 5.85. The van der Waals surface area contributed by atoms with Gasteiger partial charge in [0.15, 0.2) is 12.2 Å². The van der Waals surface area contributed by atoms with Crippen LogP contribution in [0.2, 0.25) is 0 Å². The highest BCUT2D eigenvalue weighted by atomic mass is 16.7. The van der Waals surface area contributed by atoms with E-state index in [4.69, 9.17) is 28.4 Å². The Balaban J connectivity index is 2.00. The highest BCUT2D eigenvalue weighted by Gasteiger charge is 2.53. The van der Waals surface area contributed by atoms with Crippen molar-refractivity contribution >= 4 is 34.6 Å². The molecule has 0 aromatic heterocycles. The Bertz CT molecular complexity index is 1110. The van der Waals surface area contributed by atoms with Gasteiger partial charge in [0.25, 0.3) is 0 Å². The standard InChI is InChI=1S/C24H26O11/c1-12(25)30-11-20-21(31-13(2)26)22(32-14(3)27)23(33-15(4)28)24(35-20)34-19-8-6-16-5-7-18(29)9-17(16)10-19/h5-10,20-24,29H,11H2,1-4H3/t20-,21-,22+,23-,24-/m1/s1. The maximum absolute atomic E-state index is 11.9. The molecule has 0 saturated carbocycles. The van der Waals surface area contributed by atoms with Gasteiger partial charge in [-0.05, 0) is 35.0 Å². The molecule has 0 radical (unpaired) electrons. The fraction of sp³-hybridized carbons (Fsp3) is 0.417. The molecule has 188 valence electrons. The third-order valence-electron chi connectivity index (χ3n) is 5.00. The van der Waals surface area contributed by atoms with Crippen molar-refractivity contribution in [2.75, 3.05) is 6.61 Å². The number of fused-ring (bicyclic) bond motifs is 1. The third kappa shape index (κ3) is 6.82. The fourth-order valence-corrected chi connectivity index (χ4v) is 3.70. The Hall–Kier alpha value is -3.86. The van der Waals surface area contributed by atoms with Gasteiger partial charge in [-0.1, -0.05) is 12.1 Å². The average Bonchev–Trinajstić information content (AvgIpc) is 2.75. The number of carbonyl (C=O) groups is 4. The SMILES string of the molecule is CC(=O)OC[C@H]1O[C@@H](Oc2ccc3ccc(O)cc3c2)[C@H](OC(C)=O)[C@@H](OC(C)=O)[C@@H]1OC(C)=O. The van der Waals surface area contributed by atoms with E-state index < -0.39 is 54.6 Å². The number of esters is 4. The summed E-state index contributed by atoms with van der Waals surface area (Å²) in [7, 11) is 0. The molecule has 1 fully saturated rings. The minimum Gasteiger partial charge on any atom is -0.508 e. The van der Waals surface area contributed by atoms with Crippen LogP contribution < -0.4 is 4.74 Å². The van der Waals surface area contributed by atoms with E-state index >= 15 is 0 Å². The first-order valence-corrected chi connectivity index (χ1v) is 10.7. The molecule has 0 aliphatic carbocycles. The van der Waals surface area contributed by atoms with Crippen LogP contribution in [0.1, 0.15) is 27.7 Å². The van der Waals surface area contributed by atoms with Crippen LogP contribution in [0.4, 0.5) is 0 Å². The second-order valence-corrected chi connectivity index (χ2v) is 7.88. The lowest BCUT2D eigenvalue weighted by Crippen LogP contribution is -2.63. The molecule has 2 aromatic rings. The maximum atomic E-state index is 11.9. The van der Waals surface area contributed by atoms with Crippen LogP contribution in [-0.4, -0.2) is 66.3 Å². The van der Waals surface area contributed by atoms with Crippen LogP contribution in [0, 0.1) is 0 Å².